The van der Waals surface area contributed by atoms with Crippen LogP contribution in [0.3, 0.4) is 0 Å². The molecule has 124 valence electrons. The molecule has 0 aliphatic rings. The third kappa shape index (κ3) is 5.29. The second kappa shape index (κ2) is 9.21. The van der Waals surface area contributed by atoms with Gasteiger partial charge < -0.3 is 14.8 Å². The maximum atomic E-state index is 5.84. The summed E-state index contributed by atoms with van der Waals surface area (Å²) in [6.07, 6.45) is 0. The van der Waals surface area contributed by atoms with Crippen molar-refractivity contribution in [1.29, 1.82) is 0 Å². The van der Waals surface area contributed by atoms with Crippen molar-refractivity contribution in [1.82, 2.24) is 0 Å². The molecule has 0 aliphatic carbocycles. The third-order valence-electron chi connectivity index (χ3n) is 3.71. The van der Waals surface area contributed by atoms with Gasteiger partial charge in [-0.2, -0.15) is 0 Å². The van der Waals surface area contributed by atoms with Crippen LogP contribution in [0.1, 0.15) is 37.8 Å². The smallest absolute Gasteiger partial charge is 0.124 e. The van der Waals surface area contributed by atoms with Crippen molar-refractivity contribution >= 4 is 5.69 Å². The maximum Gasteiger partial charge on any atom is 0.124 e. The Bertz CT molecular complexity index is 596. The molecule has 1 N–H and O–H groups in total. The molecule has 2 rings (SSSR count). The molecule has 23 heavy (non-hydrogen) atoms. The molecular weight excluding hydrogens is 286 g/mol. The highest BCUT2D eigenvalue weighted by molar-refractivity contribution is 5.53. The Morgan fingerprint density at radius 1 is 0.957 bits per heavy atom. The van der Waals surface area contributed by atoms with Crippen molar-refractivity contribution in [3.05, 3.63) is 59.7 Å². The van der Waals surface area contributed by atoms with Crippen molar-refractivity contribution in [3.8, 4) is 5.75 Å². The van der Waals surface area contributed by atoms with E-state index in [0.29, 0.717) is 19.1 Å². The summed E-state index contributed by atoms with van der Waals surface area (Å²) in [6.45, 7) is 9.08. The lowest BCUT2D eigenvalue weighted by atomic mass is 10.0. The molecule has 0 bridgehead atoms. The molecule has 2 aromatic rings. The Labute approximate surface area is 139 Å². The van der Waals surface area contributed by atoms with Crippen molar-refractivity contribution in [2.45, 2.75) is 33.2 Å². The van der Waals surface area contributed by atoms with Crippen LogP contribution in [0.2, 0.25) is 0 Å². The van der Waals surface area contributed by atoms with Crippen LogP contribution in [0.4, 0.5) is 5.69 Å². The van der Waals surface area contributed by atoms with E-state index < -0.39 is 0 Å². The number of benzene rings is 2. The van der Waals surface area contributed by atoms with Gasteiger partial charge in [-0.25, -0.2) is 0 Å². The summed E-state index contributed by atoms with van der Waals surface area (Å²) >= 11 is 0. The lowest BCUT2D eigenvalue weighted by molar-refractivity contribution is 0.110. The monoisotopic (exact) mass is 313 g/mol. The predicted molar refractivity (Wildman–Crippen MR) is 96.3 cm³/mol. The van der Waals surface area contributed by atoms with Gasteiger partial charge in [-0.05, 0) is 30.5 Å². The van der Waals surface area contributed by atoms with Crippen LogP contribution < -0.4 is 10.1 Å². The van der Waals surface area contributed by atoms with Gasteiger partial charge in [0.1, 0.15) is 12.4 Å². The molecule has 3 nitrogen and oxygen atoms in total. The first-order valence-electron chi connectivity index (χ1n) is 8.33. The predicted octanol–water partition coefficient (Wildman–Crippen LogP) is 4.84. The fraction of sp³-hybridized carbons (Fsp3) is 0.400. The summed E-state index contributed by atoms with van der Waals surface area (Å²) in [7, 11) is 0. The standard InChI is InChI=1S/C20H27NO2/c1-4-22-13-14-23-20-12-8-5-9-17(20)15-21-19-11-7-6-10-18(19)16(2)3/h5-12,16,21H,4,13-15H2,1-3H3. The van der Waals surface area contributed by atoms with E-state index in [1.807, 2.05) is 25.1 Å². The summed E-state index contributed by atoms with van der Waals surface area (Å²) in [4.78, 5) is 0. The zero-order valence-corrected chi connectivity index (χ0v) is 14.3. The lowest BCUT2D eigenvalue weighted by Crippen LogP contribution is -2.09. The average molecular weight is 313 g/mol. The van der Waals surface area contributed by atoms with Crippen molar-refractivity contribution < 1.29 is 9.47 Å². The SMILES string of the molecule is CCOCCOc1ccccc1CNc1ccccc1C(C)C. The van der Waals surface area contributed by atoms with Gasteiger partial charge in [0.25, 0.3) is 0 Å². The van der Waals surface area contributed by atoms with Gasteiger partial charge >= 0.3 is 0 Å². The first-order chi connectivity index (χ1) is 11.2. The number of anilines is 1. The second-order valence-corrected chi connectivity index (χ2v) is 5.75. The molecule has 0 atom stereocenters. The van der Waals surface area contributed by atoms with Crippen molar-refractivity contribution in [2.75, 3.05) is 25.1 Å². The topological polar surface area (TPSA) is 30.5 Å². The minimum Gasteiger partial charge on any atom is -0.491 e. The molecule has 0 fully saturated rings. The minimum atomic E-state index is 0.497. The van der Waals surface area contributed by atoms with Crippen LogP contribution >= 0.6 is 0 Å². The van der Waals surface area contributed by atoms with Crippen LogP contribution in [-0.2, 0) is 11.3 Å². The fourth-order valence-corrected chi connectivity index (χ4v) is 2.50. The molecule has 0 saturated carbocycles. The van der Waals surface area contributed by atoms with Gasteiger partial charge in [0.15, 0.2) is 0 Å². The summed E-state index contributed by atoms with van der Waals surface area (Å²) in [6, 6.07) is 16.6. The fourth-order valence-electron chi connectivity index (χ4n) is 2.50. The van der Waals surface area contributed by atoms with Gasteiger partial charge in [0.2, 0.25) is 0 Å². The first kappa shape index (κ1) is 17.4. The Balaban J connectivity index is 2.01. The Morgan fingerprint density at radius 3 is 2.48 bits per heavy atom. The zero-order chi connectivity index (χ0) is 16.5. The number of hydrogen-bond acceptors (Lipinski definition) is 3. The quantitative estimate of drug-likeness (QED) is 0.672. The van der Waals surface area contributed by atoms with E-state index in [2.05, 4.69) is 49.5 Å². The second-order valence-electron chi connectivity index (χ2n) is 5.75. The molecule has 0 heterocycles. The molecule has 0 radical (unpaired) electrons. The Hall–Kier alpha value is -2.00. The van der Waals surface area contributed by atoms with Gasteiger partial charge in [-0.15, -0.1) is 0 Å². The highest BCUT2D eigenvalue weighted by atomic mass is 16.5. The van der Waals surface area contributed by atoms with Crippen LogP contribution in [0, 0.1) is 0 Å². The summed E-state index contributed by atoms with van der Waals surface area (Å²) in [5, 5.41) is 3.54. The summed E-state index contributed by atoms with van der Waals surface area (Å²) < 4.78 is 11.2. The average Bonchev–Trinajstić information content (AvgIpc) is 2.58. The molecule has 0 saturated heterocycles. The van der Waals surface area contributed by atoms with Crippen molar-refractivity contribution in [3.63, 3.8) is 0 Å². The Morgan fingerprint density at radius 2 is 1.70 bits per heavy atom. The highest BCUT2D eigenvalue weighted by Crippen LogP contribution is 2.25. The van der Waals surface area contributed by atoms with Crippen LogP contribution in [-0.4, -0.2) is 19.8 Å². The highest BCUT2D eigenvalue weighted by Gasteiger charge is 2.07. The molecule has 2 aromatic carbocycles. The Kier molecular flexibility index (Phi) is 6.95. The van der Waals surface area contributed by atoms with E-state index in [1.54, 1.807) is 0 Å². The summed E-state index contributed by atoms with van der Waals surface area (Å²) in [5.74, 6) is 1.41. The largest absolute Gasteiger partial charge is 0.491 e. The van der Waals surface area contributed by atoms with Gasteiger partial charge in [0, 0.05) is 24.4 Å². The van der Waals surface area contributed by atoms with E-state index in [-0.39, 0.29) is 0 Å². The molecule has 0 aromatic heterocycles. The molecule has 0 spiro atoms. The van der Waals surface area contributed by atoms with Crippen LogP contribution in [0.15, 0.2) is 48.5 Å². The number of hydrogen-bond donors (Lipinski definition) is 1. The number of para-hydroxylation sites is 2. The van der Waals surface area contributed by atoms with E-state index in [4.69, 9.17) is 9.47 Å². The molecule has 0 unspecified atom stereocenters. The summed E-state index contributed by atoms with van der Waals surface area (Å²) in [5.41, 5.74) is 3.68. The van der Waals surface area contributed by atoms with Crippen molar-refractivity contribution in [2.24, 2.45) is 0 Å². The van der Waals surface area contributed by atoms with E-state index in [0.717, 1.165) is 24.5 Å². The van der Waals surface area contributed by atoms with E-state index >= 15 is 0 Å². The van der Waals surface area contributed by atoms with E-state index in [9.17, 15) is 0 Å². The first-order valence-corrected chi connectivity index (χ1v) is 8.33. The van der Waals surface area contributed by atoms with Crippen LogP contribution in [0.5, 0.6) is 5.75 Å². The number of rotatable bonds is 9. The minimum absolute atomic E-state index is 0.497. The lowest BCUT2D eigenvalue weighted by Gasteiger charge is -2.16. The van der Waals surface area contributed by atoms with Crippen LogP contribution in [0.25, 0.3) is 0 Å². The molecule has 3 heteroatoms. The number of ether oxygens (including phenoxy) is 2. The molecule has 0 amide bonds. The van der Waals surface area contributed by atoms with Gasteiger partial charge in [-0.3, -0.25) is 0 Å². The van der Waals surface area contributed by atoms with E-state index in [1.165, 1.54) is 11.3 Å². The number of nitrogens with one attached hydrogen (secondary N) is 1. The maximum absolute atomic E-state index is 5.84. The zero-order valence-electron chi connectivity index (χ0n) is 14.3. The normalized spacial score (nSPS) is 10.8. The molecular formula is C20H27NO2. The molecule has 0 aliphatic heterocycles. The third-order valence-corrected chi connectivity index (χ3v) is 3.71. The van der Waals surface area contributed by atoms with Gasteiger partial charge in [-0.1, -0.05) is 50.2 Å². The van der Waals surface area contributed by atoms with Gasteiger partial charge in [0.05, 0.1) is 6.61 Å².